The fraction of sp³-hybridized carbons (Fsp3) is 0.684. The molecule has 0 radical (unpaired) electrons. The second-order valence-electron chi connectivity index (χ2n) is 7.29. The average Bonchev–Trinajstić information content (AvgIpc) is 3.04. The van der Waals surface area contributed by atoms with Crippen LogP contribution in [-0.2, 0) is 23.6 Å². The third-order valence-electron chi connectivity index (χ3n) is 6.16. The van der Waals surface area contributed by atoms with Gasteiger partial charge in [0.1, 0.15) is 0 Å². The molecule has 1 aliphatic heterocycles. The van der Waals surface area contributed by atoms with Gasteiger partial charge in [-0.25, -0.2) is 4.57 Å². The van der Waals surface area contributed by atoms with E-state index in [0.717, 1.165) is 43.7 Å². The van der Waals surface area contributed by atoms with E-state index in [1.165, 1.54) is 19.8 Å². The monoisotopic (exact) mass is 399 g/mol. The highest BCUT2D eigenvalue weighted by Crippen LogP contribution is 2.55. The highest BCUT2D eigenvalue weighted by molar-refractivity contribution is 7.48. The molecule has 8 heteroatoms. The number of methoxy groups -OCH3 is 2. The molecule has 0 amide bonds. The van der Waals surface area contributed by atoms with E-state index in [1.807, 2.05) is 6.07 Å². The molecule has 152 valence electrons. The Kier molecular flexibility index (Phi) is 6.18. The minimum Gasteiger partial charge on any atom is -0.493 e. The molecule has 3 rings (SSSR count). The van der Waals surface area contributed by atoms with E-state index in [-0.39, 0.29) is 17.6 Å². The first kappa shape index (κ1) is 20.6. The van der Waals surface area contributed by atoms with Gasteiger partial charge in [0.2, 0.25) is 0 Å². The molecule has 0 aromatic heterocycles. The van der Waals surface area contributed by atoms with Gasteiger partial charge >= 0.3 is 7.82 Å². The number of hydrogen-bond acceptors (Lipinski definition) is 7. The van der Waals surface area contributed by atoms with E-state index in [1.54, 1.807) is 14.2 Å². The predicted molar refractivity (Wildman–Crippen MR) is 103 cm³/mol. The van der Waals surface area contributed by atoms with Crippen molar-refractivity contribution in [3.05, 3.63) is 23.8 Å². The molecule has 0 unspecified atom stereocenters. The van der Waals surface area contributed by atoms with Gasteiger partial charge < -0.3 is 14.4 Å². The quantitative estimate of drug-likeness (QED) is 0.649. The molecule has 0 spiro atoms. The zero-order valence-electron chi connectivity index (χ0n) is 16.8. The topological polar surface area (TPSA) is 66.5 Å². The van der Waals surface area contributed by atoms with Crippen molar-refractivity contribution in [2.24, 2.45) is 0 Å². The number of likely N-dealkylation sites (N-methyl/N-ethyl adjacent to an activating group) is 1. The van der Waals surface area contributed by atoms with E-state index in [4.69, 9.17) is 23.0 Å². The summed E-state index contributed by atoms with van der Waals surface area (Å²) < 4.78 is 39.0. The Bertz CT molecular complexity index is 705. The van der Waals surface area contributed by atoms with Crippen molar-refractivity contribution < 1.29 is 27.6 Å². The van der Waals surface area contributed by atoms with Gasteiger partial charge in [0.25, 0.3) is 0 Å². The van der Waals surface area contributed by atoms with Crippen LogP contribution in [0.4, 0.5) is 0 Å². The summed E-state index contributed by atoms with van der Waals surface area (Å²) in [6.45, 7) is 1.01. The lowest BCUT2D eigenvalue weighted by atomic mass is 9.65. The molecule has 0 N–H and O–H groups in total. The van der Waals surface area contributed by atoms with Crippen LogP contribution in [0.1, 0.15) is 31.2 Å². The molecule has 3 atom stereocenters. The maximum Gasteiger partial charge on any atom is 0.474 e. The van der Waals surface area contributed by atoms with Crippen molar-refractivity contribution in [2.75, 3.05) is 42.0 Å². The fourth-order valence-corrected chi connectivity index (χ4v) is 5.55. The van der Waals surface area contributed by atoms with E-state index in [2.05, 4.69) is 24.1 Å². The highest BCUT2D eigenvalue weighted by atomic mass is 31.2. The van der Waals surface area contributed by atoms with Crippen LogP contribution in [0.25, 0.3) is 0 Å². The molecule has 7 nitrogen and oxygen atoms in total. The van der Waals surface area contributed by atoms with Crippen molar-refractivity contribution in [3.8, 4) is 11.5 Å². The molecule has 1 saturated carbocycles. The van der Waals surface area contributed by atoms with Crippen LogP contribution in [0.3, 0.4) is 0 Å². The summed E-state index contributed by atoms with van der Waals surface area (Å²) in [6.07, 6.45) is 3.43. The van der Waals surface area contributed by atoms with Crippen molar-refractivity contribution in [3.63, 3.8) is 0 Å². The largest absolute Gasteiger partial charge is 0.493 e. The van der Waals surface area contributed by atoms with Crippen LogP contribution >= 0.6 is 7.82 Å². The van der Waals surface area contributed by atoms with Crippen LogP contribution in [0, 0.1) is 0 Å². The fourth-order valence-electron chi connectivity index (χ4n) is 4.67. The summed E-state index contributed by atoms with van der Waals surface area (Å²) in [7, 11) is 4.67. The van der Waals surface area contributed by atoms with Gasteiger partial charge in [0.05, 0.1) is 20.3 Å². The van der Waals surface area contributed by atoms with E-state index >= 15 is 0 Å². The number of nitrogens with zero attached hydrogens (tertiary/aromatic N) is 1. The molecule has 1 saturated heterocycles. The Morgan fingerprint density at radius 3 is 2.41 bits per heavy atom. The van der Waals surface area contributed by atoms with E-state index < -0.39 is 7.82 Å². The van der Waals surface area contributed by atoms with Crippen molar-refractivity contribution in [2.45, 2.75) is 43.2 Å². The van der Waals surface area contributed by atoms with Crippen LogP contribution in [0.15, 0.2) is 18.2 Å². The number of phosphoric acid groups is 1. The maximum absolute atomic E-state index is 12.4. The zero-order chi connectivity index (χ0) is 19.7. The maximum atomic E-state index is 12.4. The van der Waals surface area contributed by atoms with E-state index in [0.29, 0.717) is 0 Å². The van der Waals surface area contributed by atoms with Crippen molar-refractivity contribution >= 4 is 7.82 Å². The SMILES string of the molecule is COc1ccc([C@@]23CC[C@@H](OP(=O)(OC)OC)C[C@@H]2N(C)CC3)cc1OC. The molecule has 2 aliphatic rings. The molecular weight excluding hydrogens is 369 g/mol. The van der Waals surface area contributed by atoms with Crippen LogP contribution < -0.4 is 9.47 Å². The Balaban J connectivity index is 1.87. The number of phosphoric ester groups is 1. The number of fused-ring (bicyclic) bond motifs is 1. The first-order chi connectivity index (χ1) is 12.9. The second-order valence-corrected chi connectivity index (χ2v) is 9.12. The lowest BCUT2D eigenvalue weighted by molar-refractivity contribution is 0.0398. The molecule has 27 heavy (non-hydrogen) atoms. The minimum atomic E-state index is -3.48. The van der Waals surface area contributed by atoms with Gasteiger partial charge in [-0.05, 0) is 57.0 Å². The molecular formula is C19H30NO6P. The number of ether oxygens (including phenoxy) is 2. The second kappa shape index (κ2) is 8.10. The smallest absolute Gasteiger partial charge is 0.474 e. The van der Waals surface area contributed by atoms with Gasteiger partial charge in [-0.2, -0.15) is 0 Å². The Hall–Kier alpha value is -1.11. The first-order valence-electron chi connectivity index (χ1n) is 9.24. The normalized spacial score (nSPS) is 28.8. The van der Waals surface area contributed by atoms with Crippen molar-refractivity contribution in [1.29, 1.82) is 0 Å². The third-order valence-corrected chi connectivity index (χ3v) is 7.61. The van der Waals surface area contributed by atoms with Gasteiger partial charge in [-0.1, -0.05) is 6.07 Å². The van der Waals surface area contributed by atoms with Gasteiger partial charge in [-0.15, -0.1) is 0 Å². The molecule has 1 aromatic rings. The summed E-state index contributed by atoms with van der Waals surface area (Å²) in [5, 5.41) is 0. The summed E-state index contributed by atoms with van der Waals surface area (Å²) in [6, 6.07) is 6.51. The van der Waals surface area contributed by atoms with Crippen LogP contribution in [0.2, 0.25) is 0 Å². The number of benzene rings is 1. The summed E-state index contributed by atoms with van der Waals surface area (Å²) in [5.41, 5.74) is 1.28. The summed E-state index contributed by atoms with van der Waals surface area (Å²) >= 11 is 0. The average molecular weight is 399 g/mol. The lowest BCUT2D eigenvalue weighted by Crippen LogP contribution is -2.47. The van der Waals surface area contributed by atoms with E-state index in [9.17, 15) is 4.57 Å². The summed E-state index contributed by atoms with van der Waals surface area (Å²) in [4.78, 5) is 2.37. The number of hydrogen-bond donors (Lipinski definition) is 0. The first-order valence-corrected chi connectivity index (χ1v) is 10.7. The molecule has 2 fully saturated rings. The van der Waals surface area contributed by atoms with Crippen molar-refractivity contribution in [1.82, 2.24) is 4.90 Å². The minimum absolute atomic E-state index is 0.0261. The zero-order valence-corrected chi connectivity index (χ0v) is 17.7. The van der Waals surface area contributed by atoms with Gasteiger partial charge in [-0.3, -0.25) is 13.6 Å². The third kappa shape index (κ3) is 3.76. The summed E-state index contributed by atoms with van der Waals surface area (Å²) in [5.74, 6) is 1.48. The Morgan fingerprint density at radius 2 is 1.78 bits per heavy atom. The number of likely N-dealkylation sites (tertiary alicyclic amines) is 1. The molecule has 1 aromatic carbocycles. The molecule has 0 bridgehead atoms. The molecule has 1 aliphatic carbocycles. The number of rotatable bonds is 7. The molecule has 1 heterocycles. The highest BCUT2D eigenvalue weighted by Gasteiger charge is 2.51. The van der Waals surface area contributed by atoms with Gasteiger partial charge in [0.15, 0.2) is 11.5 Å². The predicted octanol–water partition coefficient (Wildman–Crippen LogP) is 3.62. The lowest BCUT2D eigenvalue weighted by Gasteiger charge is -2.44. The van der Waals surface area contributed by atoms with Crippen LogP contribution in [-0.4, -0.2) is 59.1 Å². The standard InChI is InChI=1S/C19H30NO6P/c1-20-11-10-19(14-6-7-16(22-2)17(12-14)23-3)9-8-15(13-18(19)20)26-27(21,24-4)25-5/h6-7,12,15,18H,8-11,13H2,1-5H3/t15-,18+,19+/m1/s1. The van der Waals surface area contributed by atoms with Crippen LogP contribution in [0.5, 0.6) is 11.5 Å². The van der Waals surface area contributed by atoms with Gasteiger partial charge in [0, 0.05) is 25.7 Å². The Labute approximate surface area is 161 Å². The Morgan fingerprint density at radius 1 is 1.07 bits per heavy atom.